The fraction of sp³-hybridized carbons (Fsp3) is 0.579. The lowest BCUT2D eigenvalue weighted by atomic mass is 10.2. The van der Waals surface area contributed by atoms with Crippen molar-refractivity contribution in [3.63, 3.8) is 0 Å². The number of benzene rings is 1. The molecule has 148 valence electrons. The van der Waals surface area contributed by atoms with Crippen LogP contribution in [0.15, 0.2) is 29.2 Å². The first-order valence-corrected chi connectivity index (χ1v) is 10.9. The minimum atomic E-state index is -3.73. The van der Waals surface area contributed by atoms with E-state index in [1.165, 1.54) is 16.4 Å². The van der Waals surface area contributed by atoms with Crippen LogP contribution in [0.1, 0.15) is 32.3 Å². The number of piperazine rings is 1. The van der Waals surface area contributed by atoms with Crippen molar-refractivity contribution in [2.75, 3.05) is 45.8 Å². The van der Waals surface area contributed by atoms with Crippen LogP contribution in [0.25, 0.3) is 0 Å². The second-order valence-electron chi connectivity index (χ2n) is 6.67. The van der Waals surface area contributed by atoms with E-state index in [4.69, 9.17) is 0 Å². The number of hydrogen-bond donors (Lipinski definition) is 0. The van der Waals surface area contributed by atoms with E-state index in [0.29, 0.717) is 19.6 Å². The number of carbonyl (C=O) groups excluding carboxylic acids is 1. The Hall–Kier alpha value is -1.95. The quantitative estimate of drug-likeness (QED) is 0.670. The Bertz CT molecular complexity index is 774. The molecule has 0 aliphatic carbocycles. The molecule has 0 aromatic heterocycles. The lowest BCUT2D eigenvalue weighted by Gasteiger charge is -2.35. The summed E-state index contributed by atoms with van der Waals surface area (Å²) >= 11 is 0. The fourth-order valence-corrected chi connectivity index (χ4v) is 4.86. The third-order valence-corrected chi connectivity index (χ3v) is 6.61. The van der Waals surface area contributed by atoms with Gasteiger partial charge in [0.2, 0.25) is 15.9 Å². The summed E-state index contributed by atoms with van der Waals surface area (Å²) in [7, 11) is -3.73. The molecule has 1 aromatic carbocycles. The van der Waals surface area contributed by atoms with Gasteiger partial charge in [-0.25, -0.2) is 8.42 Å². The predicted octanol–water partition coefficient (Wildman–Crippen LogP) is 1.51. The Labute approximate surface area is 162 Å². The van der Waals surface area contributed by atoms with Crippen molar-refractivity contribution in [1.29, 1.82) is 5.26 Å². The molecule has 1 amide bonds. The lowest BCUT2D eigenvalue weighted by molar-refractivity contribution is -0.133. The van der Waals surface area contributed by atoms with Crippen molar-refractivity contribution in [1.82, 2.24) is 14.1 Å². The van der Waals surface area contributed by atoms with E-state index < -0.39 is 10.0 Å². The minimum absolute atomic E-state index is 0.0318. The van der Waals surface area contributed by atoms with Gasteiger partial charge in [-0.15, -0.1) is 0 Å². The van der Waals surface area contributed by atoms with Gasteiger partial charge in [-0.05, 0) is 38.1 Å². The summed E-state index contributed by atoms with van der Waals surface area (Å²) in [5.74, 6) is 0.0476. The number of nitrogens with zero attached hydrogens (tertiary/aromatic N) is 4. The van der Waals surface area contributed by atoms with Crippen molar-refractivity contribution in [3.05, 3.63) is 29.8 Å². The van der Waals surface area contributed by atoms with E-state index in [1.54, 1.807) is 17.0 Å². The molecule has 0 spiro atoms. The number of rotatable bonds is 8. The van der Waals surface area contributed by atoms with Crippen LogP contribution in [0.5, 0.6) is 0 Å². The van der Waals surface area contributed by atoms with Crippen LogP contribution in [0, 0.1) is 11.3 Å². The average molecular weight is 393 g/mol. The predicted molar refractivity (Wildman–Crippen MR) is 104 cm³/mol. The highest BCUT2D eigenvalue weighted by atomic mass is 32.2. The van der Waals surface area contributed by atoms with Gasteiger partial charge >= 0.3 is 0 Å². The Kier molecular flexibility index (Phi) is 7.78. The van der Waals surface area contributed by atoms with Gasteiger partial charge < -0.3 is 4.90 Å². The molecule has 1 aliphatic rings. The molecule has 0 atom stereocenters. The third kappa shape index (κ3) is 5.28. The van der Waals surface area contributed by atoms with Crippen LogP contribution in [-0.4, -0.2) is 74.2 Å². The van der Waals surface area contributed by atoms with Gasteiger partial charge in [0, 0.05) is 26.2 Å². The maximum atomic E-state index is 12.9. The number of hydrogen-bond acceptors (Lipinski definition) is 5. The van der Waals surface area contributed by atoms with Crippen LogP contribution >= 0.6 is 0 Å². The third-order valence-electron chi connectivity index (χ3n) is 4.66. The molecular formula is C19H28N4O3S. The molecule has 1 heterocycles. The Balaban J connectivity index is 2.00. The van der Waals surface area contributed by atoms with Gasteiger partial charge in [0.1, 0.15) is 6.07 Å². The Morgan fingerprint density at radius 3 is 2.26 bits per heavy atom. The van der Waals surface area contributed by atoms with E-state index >= 15 is 0 Å². The van der Waals surface area contributed by atoms with Crippen LogP contribution in [0.3, 0.4) is 0 Å². The highest BCUT2D eigenvalue weighted by Crippen LogP contribution is 2.21. The molecule has 27 heavy (non-hydrogen) atoms. The topological polar surface area (TPSA) is 84.7 Å². The van der Waals surface area contributed by atoms with Gasteiger partial charge in [-0.2, -0.15) is 9.57 Å². The lowest BCUT2D eigenvalue weighted by Crippen LogP contribution is -2.52. The zero-order valence-corrected chi connectivity index (χ0v) is 16.9. The summed E-state index contributed by atoms with van der Waals surface area (Å²) in [4.78, 5) is 16.5. The van der Waals surface area contributed by atoms with Gasteiger partial charge in [0.05, 0.1) is 17.0 Å². The van der Waals surface area contributed by atoms with Gasteiger partial charge in [-0.1, -0.05) is 26.0 Å². The summed E-state index contributed by atoms with van der Waals surface area (Å²) in [6.45, 7) is 7.58. The minimum Gasteiger partial charge on any atom is -0.339 e. The molecule has 0 N–H and O–H groups in total. The summed E-state index contributed by atoms with van der Waals surface area (Å²) in [6, 6.07) is 8.16. The molecule has 7 nitrogen and oxygen atoms in total. The van der Waals surface area contributed by atoms with Crippen molar-refractivity contribution >= 4 is 15.9 Å². The largest absolute Gasteiger partial charge is 0.339 e. The molecule has 1 aromatic rings. The van der Waals surface area contributed by atoms with E-state index in [1.807, 2.05) is 6.07 Å². The van der Waals surface area contributed by atoms with Crippen molar-refractivity contribution in [2.24, 2.45) is 0 Å². The molecule has 1 fully saturated rings. The Morgan fingerprint density at radius 1 is 1.11 bits per heavy atom. The maximum Gasteiger partial charge on any atom is 0.244 e. The summed E-state index contributed by atoms with van der Waals surface area (Å²) in [5.41, 5.74) is 0.144. The highest BCUT2D eigenvalue weighted by Gasteiger charge is 2.31. The van der Waals surface area contributed by atoms with Crippen LogP contribution < -0.4 is 0 Å². The molecule has 8 heteroatoms. The summed E-state index contributed by atoms with van der Waals surface area (Å²) in [5, 5.41) is 9.18. The molecule has 1 saturated heterocycles. The number of amides is 1. The first-order valence-electron chi connectivity index (χ1n) is 9.43. The van der Waals surface area contributed by atoms with Crippen molar-refractivity contribution in [3.8, 4) is 6.07 Å². The van der Waals surface area contributed by atoms with Crippen LogP contribution in [-0.2, 0) is 14.8 Å². The number of sulfonamides is 1. The van der Waals surface area contributed by atoms with Crippen molar-refractivity contribution < 1.29 is 13.2 Å². The molecular weight excluding hydrogens is 364 g/mol. The standard InChI is InChI=1S/C19H28N4O3S/c1-3-9-21(10-4-2)16-19(24)22-11-13-23(14-12-22)27(25,26)18-8-6-5-7-17(18)15-20/h5-8H,3-4,9-14,16H2,1-2H3. The van der Waals surface area contributed by atoms with Crippen LogP contribution in [0.4, 0.5) is 0 Å². The second-order valence-corrected chi connectivity index (χ2v) is 8.58. The first kappa shape index (κ1) is 21.4. The number of carbonyl (C=O) groups is 1. The molecule has 0 bridgehead atoms. The molecule has 0 unspecified atom stereocenters. The van der Waals surface area contributed by atoms with Gasteiger partial charge in [0.25, 0.3) is 0 Å². The van der Waals surface area contributed by atoms with E-state index in [-0.39, 0.29) is 29.5 Å². The summed E-state index contributed by atoms with van der Waals surface area (Å²) < 4.78 is 27.1. The SMILES string of the molecule is CCCN(CCC)CC(=O)N1CCN(S(=O)(=O)c2ccccc2C#N)CC1. The van der Waals surface area contributed by atoms with E-state index in [2.05, 4.69) is 18.7 Å². The molecule has 0 saturated carbocycles. The zero-order valence-electron chi connectivity index (χ0n) is 16.1. The molecule has 1 aliphatic heterocycles. The van der Waals surface area contributed by atoms with Crippen molar-refractivity contribution in [2.45, 2.75) is 31.6 Å². The fourth-order valence-electron chi connectivity index (χ4n) is 3.29. The zero-order chi connectivity index (χ0) is 19.9. The maximum absolute atomic E-state index is 12.9. The van der Waals surface area contributed by atoms with E-state index in [0.717, 1.165) is 25.9 Å². The number of nitriles is 1. The monoisotopic (exact) mass is 392 g/mol. The molecule has 2 rings (SSSR count). The van der Waals surface area contributed by atoms with Crippen LogP contribution in [0.2, 0.25) is 0 Å². The molecule has 0 radical (unpaired) electrons. The summed E-state index contributed by atoms with van der Waals surface area (Å²) in [6.07, 6.45) is 2.00. The average Bonchev–Trinajstić information content (AvgIpc) is 2.68. The van der Waals surface area contributed by atoms with E-state index in [9.17, 15) is 18.5 Å². The first-order chi connectivity index (χ1) is 12.9. The van der Waals surface area contributed by atoms with Gasteiger partial charge in [0.15, 0.2) is 0 Å². The highest BCUT2D eigenvalue weighted by molar-refractivity contribution is 7.89. The Morgan fingerprint density at radius 2 is 1.70 bits per heavy atom. The normalized spacial score (nSPS) is 15.7. The smallest absolute Gasteiger partial charge is 0.244 e. The second kappa shape index (κ2) is 9.83. The van der Waals surface area contributed by atoms with Gasteiger partial charge in [-0.3, -0.25) is 9.69 Å².